The van der Waals surface area contributed by atoms with Gasteiger partial charge in [0.25, 0.3) is 5.91 Å². The first-order chi connectivity index (χ1) is 12.1. The number of halogens is 1. The molecular formula is C18H20ClN3O2S. The van der Waals surface area contributed by atoms with Gasteiger partial charge in [0.15, 0.2) is 5.01 Å². The fourth-order valence-corrected chi connectivity index (χ4v) is 4.69. The minimum absolute atomic E-state index is 0.114. The summed E-state index contributed by atoms with van der Waals surface area (Å²) in [7, 11) is 0. The molecule has 2 bridgehead atoms. The lowest BCUT2D eigenvalue weighted by Gasteiger charge is -2.49. The van der Waals surface area contributed by atoms with Gasteiger partial charge in [-0.05, 0) is 57.0 Å². The lowest BCUT2D eigenvalue weighted by molar-refractivity contribution is 0.0217. The summed E-state index contributed by atoms with van der Waals surface area (Å²) in [6.07, 6.45) is 3.91. The molecule has 3 aliphatic heterocycles. The van der Waals surface area contributed by atoms with Crippen molar-refractivity contribution >= 4 is 28.8 Å². The molecule has 1 N–H and O–H groups in total. The van der Waals surface area contributed by atoms with Crippen LogP contribution >= 0.6 is 22.9 Å². The average Bonchev–Trinajstić information content (AvgIpc) is 3.07. The molecule has 1 aromatic carbocycles. The molecular weight excluding hydrogens is 358 g/mol. The lowest BCUT2D eigenvalue weighted by atomic mass is 9.79. The van der Waals surface area contributed by atoms with Gasteiger partial charge in [0.2, 0.25) is 5.06 Å². The van der Waals surface area contributed by atoms with Gasteiger partial charge in [0.05, 0.1) is 6.20 Å². The molecule has 3 fully saturated rings. The van der Waals surface area contributed by atoms with Crippen molar-refractivity contribution in [2.75, 3.05) is 13.1 Å². The zero-order valence-electron chi connectivity index (χ0n) is 13.9. The number of aromatic nitrogens is 1. The molecule has 5 nitrogen and oxygen atoms in total. The number of hydrogen-bond acceptors (Lipinski definition) is 5. The number of ether oxygens (including phenoxy) is 1. The van der Waals surface area contributed by atoms with Crippen LogP contribution in [0.3, 0.4) is 0 Å². The van der Waals surface area contributed by atoms with Gasteiger partial charge in [-0.3, -0.25) is 9.69 Å². The molecule has 4 heterocycles. The fourth-order valence-electron chi connectivity index (χ4n) is 3.82. The standard InChI is InChI=1S/C18H20ClN3O2S/c1-11-16(12-5-7-22(11)8-6-12)21-17(23)18-20-10-15(25-18)24-14-4-2-3-13(19)9-14/h2-4,9-12,16H,5-8H2,1H3,(H,21,23). The maximum Gasteiger partial charge on any atom is 0.280 e. The predicted octanol–water partition coefficient (Wildman–Crippen LogP) is 3.80. The van der Waals surface area contributed by atoms with Crippen molar-refractivity contribution in [3.63, 3.8) is 0 Å². The Morgan fingerprint density at radius 2 is 2.20 bits per heavy atom. The number of thiazole rings is 1. The predicted molar refractivity (Wildman–Crippen MR) is 98.7 cm³/mol. The second-order valence-corrected chi connectivity index (χ2v) is 8.09. The first-order valence-corrected chi connectivity index (χ1v) is 9.74. The zero-order chi connectivity index (χ0) is 17.4. The van der Waals surface area contributed by atoms with E-state index in [9.17, 15) is 4.79 Å². The molecule has 2 atom stereocenters. The molecule has 2 aromatic rings. The van der Waals surface area contributed by atoms with Crippen molar-refractivity contribution in [2.45, 2.75) is 31.8 Å². The smallest absolute Gasteiger partial charge is 0.280 e. The maximum absolute atomic E-state index is 12.6. The summed E-state index contributed by atoms with van der Waals surface area (Å²) >= 11 is 7.21. The Morgan fingerprint density at radius 1 is 1.40 bits per heavy atom. The molecule has 5 rings (SSSR count). The summed E-state index contributed by atoms with van der Waals surface area (Å²) < 4.78 is 5.73. The topological polar surface area (TPSA) is 54.5 Å². The van der Waals surface area contributed by atoms with Gasteiger partial charge in [-0.15, -0.1) is 0 Å². The van der Waals surface area contributed by atoms with Crippen molar-refractivity contribution in [3.05, 3.63) is 40.5 Å². The van der Waals surface area contributed by atoms with Crippen LogP contribution in [0.1, 0.15) is 29.6 Å². The first-order valence-electron chi connectivity index (χ1n) is 8.54. The van der Waals surface area contributed by atoms with Gasteiger partial charge in [-0.1, -0.05) is 29.0 Å². The van der Waals surface area contributed by atoms with E-state index < -0.39 is 0 Å². The van der Waals surface area contributed by atoms with Gasteiger partial charge in [-0.25, -0.2) is 4.98 Å². The van der Waals surface area contributed by atoms with Crippen molar-refractivity contribution in [1.29, 1.82) is 0 Å². The molecule has 7 heteroatoms. The van der Waals surface area contributed by atoms with Crippen LogP contribution < -0.4 is 10.1 Å². The molecule has 1 aromatic heterocycles. The second kappa shape index (κ2) is 6.94. The second-order valence-electron chi connectivity index (χ2n) is 6.66. The number of fused-ring (bicyclic) bond motifs is 3. The molecule has 0 aliphatic carbocycles. The molecule has 25 heavy (non-hydrogen) atoms. The molecule has 0 saturated carbocycles. The molecule has 0 radical (unpaired) electrons. The third kappa shape index (κ3) is 3.52. The zero-order valence-corrected chi connectivity index (χ0v) is 15.5. The van der Waals surface area contributed by atoms with E-state index in [4.69, 9.17) is 16.3 Å². The van der Waals surface area contributed by atoms with E-state index in [1.54, 1.807) is 18.3 Å². The normalized spacial score (nSPS) is 27.9. The first kappa shape index (κ1) is 16.8. The number of amides is 1. The number of nitrogens with zero attached hydrogens (tertiary/aromatic N) is 2. The summed E-state index contributed by atoms with van der Waals surface area (Å²) in [6, 6.07) is 7.75. The van der Waals surface area contributed by atoms with Crippen LogP contribution in [-0.4, -0.2) is 41.0 Å². The minimum Gasteiger partial charge on any atom is -0.445 e. The van der Waals surface area contributed by atoms with Crippen molar-refractivity contribution in [3.8, 4) is 10.8 Å². The summed E-state index contributed by atoms with van der Waals surface area (Å²) in [5.41, 5.74) is 0. The Balaban J connectivity index is 1.42. The Bertz CT molecular complexity index is 771. The monoisotopic (exact) mass is 377 g/mol. The quantitative estimate of drug-likeness (QED) is 0.880. The van der Waals surface area contributed by atoms with Crippen molar-refractivity contribution in [2.24, 2.45) is 5.92 Å². The van der Waals surface area contributed by atoms with E-state index in [-0.39, 0.29) is 11.9 Å². The fraction of sp³-hybridized carbons (Fsp3) is 0.444. The molecule has 3 aliphatic rings. The van der Waals surface area contributed by atoms with E-state index in [2.05, 4.69) is 22.1 Å². The van der Waals surface area contributed by atoms with Crippen LogP contribution in [0.15, 0.2) is 30.5 Å². The van der Waals surface area contributed by atoms with Crippen LogP contribution in [0, 0.1) is 5.92 Å². The highest BCUT2D eigenvalue weighted by atomic mass is 35.5. The highest BCUT2D eigenvalue weighted by Crippen LogP contribution is 2.33. The number of hydrogen-bond donors (Lipinski definition) is 1. The SMILES string of the molecule is CC1C(NC(=O)c2ncc(Oc3cccc(Cl)c3)s2)C2CCN1CC2. The number of rotatable bonds is 4. The van der Waals surface area contributed by atoms with Crippen LogP contribution in [0.25, 0.3) is 0 Å². The largest absolute Gasteiger partial charge is 0.445 e. The van der Waals surface area contributed by atoms with E-state index in [0.29, 0.717) is 32.8 Å². The number of piperidine rings is 3. The summed E-state index contributed by atoms with van der Waals surface area (Å²) in [5.74, 6) is 1.09. The molecule has 3 saturated heterocycles. The van der Waals surface area contributed by atoms with Crippen LogP contribution in [-0.2, 0) is 0 Å². The number of nitrogens with one attached hydrogen (secondary N) is 1. The van der Waals surface area contributed by atoms with Crippen molar-refractivity contribution in [1.82, 2.24) is 15.2 Å². The van der Waals surface area contributed by atoms with E-state index >= 15 is 0 Å². The Hall–Kier alpha value is -1.63. The average molecular weight is 378 g/mol. The van der Waals surface area contributed by atoms with Crippen LogP contribution in [0.4, 0.5) is 0 Å². The Kier molecular flexibility index (Phi) is 4.67. The number of benzene rings is 1. The van der Waals surface area contributed by atoms with E-state index in [1.807, 2.05) is 12.1 Å². The minimum atomic E-state index is -0.114. The van der Waals surface area contributed by atoms with Gasteiger partial charge in [0.1, 0.15) is 5.75 Å². The molecule has 1 amide bonds. The molecule has 2 unspecified atom stereocenters. The van der Waals surface area contributed by atoms with E-state index in [0.717, 1.165) is 25.9 Å². The van der Waals surface area contributed by atoms with Gasteiger partial charge < -0.3 is 10.1 Å². The summed E-state index contributed by atoms with van der Waals surface area (Å²) in [5, 5.41) is 4.81. The van der Waals surface area contributed by atoms with Gasteiger partial charge in [-0.2, -0.15) is 0 Å². The Labute approximate surface area is 156 Å². The third-order valence-electron chi connectivity index (χ3n) is 5.17. The maximum atomic E-state index is 12.6. The highest BCUT2D eigenvalue weighted by Gasteiger charge is 2.40. The number of carbonyl (C=O) groups is 1. The highest BCUT2D eigenvalue weighted by molar-refractivity contribution is 7.15. The Morgan fingerprint density at radius 3 is 2.92 bits per heavy atom. The van der Waals surface area contributed by atoms with Crippen LogP contribution in [0.2, 0.25) is 5.02 Å². The lowest BCUT2D eigenvalue weighted by Crippen LogP contribution is -2.62. The summed E-state index contributed by atoms with van der Waals surface area (Å²) in [4.78, 5) is 19.3. The number of carbonyl (C=O) groups excluding carboxylic acids is 1. The third-order valence-corrected chi connectivity index (χ3v) is 6.28. The van der Waals surface area contributed by atoms with Gasteiger partial charge in [0, 0.05) is 17.1 Å². The van der Waals surface area contributed by atoms with E-state index in [1.165, 1.54) is 11.3 Å². The summed E-state index contributed by atoms with van der Waals surface area (Å²) in [6.45, 7) is 4.49. The van der Waals surface area contributed by atoms with Crippen molar-refractivity contribution < 1.29 is 9.53 Å². The molecule has 0 spiro atoms. The van der Waals surface area contributed by atoms with Crippen LogP contribution in [0.5, 0.6) is 10.8 Å². The van der Waals surface area contributed by atoms with Gasteiger partial charge >= 0.3 is 0 Å². The molecule has 132 valence electrons.